The van der Waals surface area contributed by atoms with Crippen LogP contribution in [0.1, 0.15) is 6.42 Å². The largest absolute Gasteiger partial charge is 0.480 e. The summed E-state index contributed by atoms with van der Waals surface area (Å²) in [6.45, 7) is 0.950. The van der Waals surface area contributed by atoms with E-state index >= 15 is 0 Å². The first-order chi connectivity index (χ1) is 6.22. The van der Waals surface area contributed by atoms with E-state index in [1.165, 1.54) is 0 Å². The molecule has 2 aliphatic heterocycles. The van der Waals surface area contributed by atoms with Gasteiger partial charge in [0, 0.05) is 5.75 Å². The van der Waals surface area contributed by atoms with Crippen LogP contribution in [0.4, 0.5) is 0 Å². The van der Waals surface area contributed by atoms with Crippen molar-refractivity contribution < 1.29 is 14.6 Å². The molecule has 2 atom stereocenters. The topological polar surface area (TPSA) is 58.6 Å². The van der Waals surface area contributed by atoms with Gasteiger partial charge in [-0.2, -0.15) is 11.8 Å². The third kappa shape index (κ3) is 1.82. The first-order valence-corrected chi connectivity index (χ1v) is 5.53. The van der Waals surface area contributed by atoms with Gasteiger partial charge in [-0.05, 0) is 12.2 Å². The summed E-state index contributed by atoms with van der Waals surface area (Å²) >= 11 is 1.86. The lowest BCUT2D eigenvalue weighted by Crippen LogP contribution is -2.61. The highest BCUT2D eigenvalue weighted by Crippen LogP contribution is 2.30. The molecule has 2 N–H and O–H groups in total. The van der Waals surface area contributed by atoms with Crippen molar-refractivity contribution in [3.8, 4) is 0 Å². The summed E-state index contributed by atoms with van der Waals surface area (Å²) in [4.78, 5) is 10.7. The zero-order valence-electron chi connectivity index (χ0n) is 7.28. The van der Waals surface area contributed by atoms with E-state index in [1.807, 2.05) is 11.8 Å². The molecule has 2 heterocycles. The number of nitrogens with one attached hydrogen (secondary N) is 1. The zero-order chi connectivity index (χ0) is 9.31. The molecule has 2 aliphatic rings. The molecule has 2 fully saturated rings. The highest BCUT2D eigenvalue weighted by molar-refractivity contribution is 7.99. The van der Waals surface area contributed by atoms with Gasteiger partial charge in [-0.25, -0.2) is 0 Å². The monoisotopic (exact) mass is 203 g/mol. The van der Waals surface area contributed by atoms with Gasteiger partial charge >= 0.3 is 5.97 Å². The molecule has 0 aromatic carbocycles. The number of morpholine rings is 1. The Labute approximate surface area is 81.0 Å². The zero-order valence-corrected chi connectivity index (χ0v) is 8.10. The normalized spacial score (nSPS) is 39.5. The van der Waals surface area contributed by atoms with Crippen molar-refractivity contribution in [2.24, 2.45) is 0 Å². The maximum Gasteiger partial charge on any atom is 0.323 e. The van der Waals surface area contributed by atoms with Gasteiger partial charge in [-0.3, -0.25) is 10.1 Å². The Hall–Kier alpha value is -0.260. The third-order valence-corrected chi connectivity index (χ3v) is 3.79. The van der Waals surface area contributed by atoms with Crippen LogP contribution in [0, 0.1) is 0 Å². The van der Waals surface area contributed by atoms with Crippen LogP contribution in [0.2, 0.25) is 0 Å². The molecule has 2 rings (SSSR count). The first-order valence-electron chi connectivity index (χ1n) is 4.38. The number of hydrogen-bond acceptors (Lipinski definition) is 4. The van der Waals surface area contributed by atoms with Gasteiger partial charge in [0.1, 0.15) is 6.04 Å². The molecule has 0 aromatic heterocycles. The number of carboxylic acid groups (broad SMARTS) is 1. The summed E-state index contributed by atoms with van der Waals surface area (Å²) in [5.74, 6) is 1.26. The molecule has 1 spiro atoms. The van der Waals surface area contributed by atoms with Gasteiger partial charge in [0.2, 0.25) is 0 Å². The maximum absolute atomic E-state index is 10.7. The molecule has 2 saturated heterocycles. The third-order valence-electron chi connectivity index (χ3n) is 2.54. The van der Waals surface area contributed by atoms with Crippen LogP contribution in [0.15, 0.2) is 0 Å². The Balaban J connectivity index is 2.02. The molecule has 0 aliphatic carbocycles. The quantitative estimate of drug-likeness (QED) is 0.625. The van der Waals surface area contributed by atoms with E-state index in [0.29, 0.717) is 13.2 Å². The number of hydrogen-bond donors (Lipinski definition) is 2. The summed E-state index contributed by atoms with van der Waals surface area (Å²) in [5, 5.41) is 12.0. The lowest BCUT2D eigenvalue weighted by molar-refractivity contribution is -0.144. The van der Waals surface area contributed by atoms with Crippen LogP contribution in [-0.4, -0.2) is 47.4 Å². The highest BCUT2D eigenvalue weighted by Gasteiger charge is 2.41. The molecular formula is C8H13NO3S. The van der Waals surface area contributed by atoms with E-state index in [1.54, 1.807) is 0 Å². The van der Waals surface area contributed by atoms with Crippen molar-refractivity contribution in [3.05, 3.63) is 0 Å². The van der Waals surface area contributed by atoms with Gasteiger partial charge in [0.15, 0.2) is 0 Å². The minimum absolute atomic E-state index is 0.0635. The van der Waals surface area contributed by atoms with Crippen LogP contribution in [0.3, 0.4) is 0 Å². The molecule has 74 valence electrons. The summed E-state index contributed by atoms with van der Waals surface area (Å²) in [7, 11) is 0. The molecule has 0 amide bonds. The molecule has 5 heteroatoms. The maximum atomic E-state index is 10.7. The standard InChI is InChI=1S/C8H13NO3S/c10-7(11)6-3-12-4-8(9-6)1-2-13-5-8/h6,9H,1-5H2,(H,10,11). The second-order valence-corrected chi connectivity index (χ2v) is 4.74. The average Bonchev–Trinajstić information content (AvgIpc) is 2.53. The van der Waals surface area contributed by atoms with Gasteiger partial charge in [0.25, 0.3) is 0 Å². The molecule has 0 saturated carbocycles. The van der Waals surface area contributed by atoms with Crippen molar-refractivity contribution in [2.75, 3.05) is 24.7 Å². The molecule has 4 nitrogen and oxygen atoms in total. The van der Waals surface area contributed by atoms with Gasteiger partial charge in [0.05, 0.1) is 18.8 Å². The molecule has 0 radical (unpaired) electrons. The fourth-order valence-electron chi connectivity index (χ4n) is 1.79. The Bertz CT molecular complexity index is 215. The molecule has 0 aromatic rings. The molecule has 13 heavy (non-hydrogen) atoms. The number of carboxylic acids is 1. The smallest absolute Gasteiger partial charge is 0.323 e. The van der Waals surface area contributed by atoms with E-state index in [2.05, 4.69) is 5.32 Å². The summed E-state index contributed by atoms with van der Waals surface area (Å²) in [6.07, 6.45) is 1.02. The van der Waals surface area contributed by atoms with Crippen LogP contribution in [0.5, 0.6) is 0 Å². The second-order valence-electron chi connectivity index (χ2n) is 3.63. The van der Waals surface area contributed by atoms with Crippen molar-refractivity contribution in [3.63, 3.8) is 0 Å². The van der Waals surface area contributed by atoms with Gasteiger partial charge in [-0.1, -0.05) is 0 Å². The van der Waals surface area contributed by atoms with Crippen molar-refractivity contribution in [2.45, 2.75) is 18.0 Å². The Kier molecular flexibility index (Phi) is 2.49. The first kappa shape index (κ1) is 9.30. The van der Waals surface area contributed by atoms with Crippen molar-refractivity contribution in [1.82, 2.24) is 5.32 Å². The second kappa shape index (κ2) is 3.48. The summed E-state index contributed by atoms with van der Waals surface area (Å²) in [6, 6.07) is -0.521. The lowest BCUT2D eigenvalue weighted by atomic mass is 9.97. The number of thioether (sulfide) groups is 1. The van der Waals surface area contributed by atoms with E-state index in [-0.39, 0.29) is 5.54 Å². The lowest BCUT2D eigenvalue weighted by Gasteiger charge is -2.37. The minimum atomic E-state index is -0.809. The minimum Gasteiger partial charge on any atom is -0.480 e. The Morgan fingerprint density at radius 1 is 1.69 bits per heavy atom. The SMILES string of the molecule is O=C(O)C1COCC2(CCSC2)N1. The molecule has 2 unspecified atom stereocenters. The van der Waals surface area contributed by atoms with Gasteiger partial charge < -0.3 is 9.84 Å². The van der Waals surface area contributed by atoms with Crippen LogP contribution in [0.25, 0.3) is 0 Å². The predicted octanol–water partition coefficient (Wildman–Crippen LogP) is -0.0649. The van der Waals surface area contributed by atoms with Crippen LogP contribution in [-0.2, 0) is 9.53 Å². The summed E-state index contributed by atoms with van der Waals surface area (Å²) in [5.41, 5.74) is -0.0635. The Morgan fingerprint density at radius 2 is 2.54 bits per heavy atom. The Morgan fingerprint density at radius 3 is 3.15 bits per heavy atom. The average molecular weight is 203 g/mol. The molecular weight excluding hydrogens is 190 g/mol. The number of rotatable bonds is 1. The molecule has 0 bridgehead atoms. The van der Waals surface area contributed by atoms with Crippen molar-refractivity contribution in [1.29, 1.82) is 0 Å². The highest BCUT2D eigenvalue weighted by atomic mass is 32.2. The number of carbonyl (C=O) groups is 1. The van der Waals surface area contributed by atoms with Crippen LogP contribution < -0.4 is 5.32 Å². The van der Waals surface area contributed by atoms with Crippen LogP contribution >= 0.6 is 11.8 Å². The predicted molar refractivity (Wildman–Crippen MR) is 50.1 cm³/mol. The number of aliphatic carboxylic acids is 1. The number of ether oxygens (including phenoxy) is 1. The van der Waals surface area contributed by atoms with E-state index in [0.717, 1.165) is 17.9 Å². The van der Waals surface area contributed by atoms with E-state index < -0.39 is 12.0 Å². The fraction of sp³-hybridized carbons (Fsp3) is 0.875. The van der Waals surface area contributed by atoms with E-state index in [9.17, 15) is 4.79 Å². The van der Waals surface area contributed by atoms with Crippen molar-refractivity contribution >= 4 is 17.7 Å². The fourth-order valence-corrected chi connectivity index (χ4v) is 3.17. The van der Waals surface area contributed by atoms with Gasteiger partial charge in [-0.15, -0.1) is 0 Å². The summed E-state index contributed by atoms with van der Waals surface area (Å²) < 4.78 is 5.32. The van der Waals surface area contributed by atoms with E-state index in [4.69, 9.17) is 9.84 Å².